The number of ether oxygens (including phenoxy) is 2. The van der Waals surface area contributed by atoms with Crippen LogP contribution in [0.5, 0.6) is 0 Å². The van der Waals surface area contributed by atoms with E-state index in [0.29, 0.717) is 25.9 Å². The van der Waals surface area contributed by atoms with E-state index < -0.39 is 26.9 Å². The Morgan fingerprint density at radius 2 is 1.41 bits per heavy atom. The van der Waals surface area contributed by atoms with Gasteiger partial charge in [-0.3, -0.25) is 0 Å². The van der Waals surface area contributed by atoms with Crippen LogP contribution in [0.15, 0.2) is 0 Å². The van der Waals surface area contributed by atoms with Gasteiger partial charge < -0.3 is 35.1 Å². The smallest absolute Gasteiger partial charge is 0.468 e. The van der Waals surface area contributed by atoms with Crippen molar-refractivity contribution in [2.24, 2.45) is 0 Å². The Morgan fingerprint density at radius 3 is 1.78 bits per heavy atom. The van der Waals surface area contributed by atoms with Gasteiger partial charge >= 0.3 is 8.80 Å². The molecule has 0 aromatic carbocycles. The molecule has 1 aliphatic heterocycles. The molecule has 1 fully saturated rings. The van der Waals surface area contributed by atoms with E-state index >= 15 is 0 Å². The summed E-state index contributed by atoms with van der Waals surface area (Å²) in [6.07, 6.45) is 1.57. The number of hydrogen-bond acceptors (Lipinski definition) is 8. The first kappa shape index (κ1) is 35.4. The number of epoxide rings is 1. The summed E-state index contributed by atoms with van der Waals surface area (Å²) in [6.45, 7) is 17.1. The van der Waals surface area contributed by atoms with E-state index in [1.165, 1.54) is 6.04 Å². The van der Waals surface area contributed by atoms with Gasteiger partial charge in [-0.1, -0.05) is 6.55 Å². The molecular formula is C17H52O8Si7. The van der Waals surface area contributed by atoms with Gasteiger partial charge in [0.1, 0.15) is 47.3 Å². The van der Waals surface area contributed by atoms with Crippen LogP contribution in [0.3, 0.4) is 0 Å². The highest BCUT2D eigenvalue weighted by atomic mass is 28.4. The van der Waals surface area contributed by atoms with Gasteiger partial charge in [0.2, 0.25) is 0 Å². The van der Waals surface area contributed by atoms with Crippen LogP contribution in [0.2, 0.25) is 37.8 Å². The molecule has 0 saturated carbocycles. The maximum atomic E-state index is 5.78. The first-order valence-electron chi connectivity index (χ1n) is 12.0. The largest absolute Gasteiger partial charge is 0.500 e. The number of hydrogen-bond donors (Lipinski definition) is 0. The van der Waals surface area contributed by atoms with E-state index in [1.54, 1.807) is 0 Å². The molecule has 0 amide bonds. The highest BCUT2D eigenvalue weighted by Gasteiger charge is 2.40. The van der Waals surface area contributed by atoms with Gasteiger partial charge in [-0.05, 0) is 52.4 Å². The minimum Gasteiger partial charge on any atom is -0.468 e. The molecule has 15 heteroatoms. The normalized spacial score (nSPS) is 17.6. The molecule has 196 valence electrons. The molecule has 3 unspecified atom stereocenters. The summed E-state index contributed by atoms with van der Waals surface area (Å²) < 4.78 is 43.5. The Bertz CT molecular complexity index is 368. The molecule has 0 aromatic heterocycles. The second-order valence-electron chi connectivity index (χ2n) is 7.36. The molecule has 3 atom stereocenters. The third kappa shape index (κ3) is 23.0. The lowest BCUT2D eigenvalue weighted by Crippen LogP contribution is -2.46. The van der Waals surface area contributed by atoms with Crippen molar-refractivity contribution in [1.29, 1.82) is 0 Å². The second-order valence-corrected chi connectivity index (χ2v) is 21.2. The Labute approximate surface area is 213 Å². The third-order valence-corrected chi connectivity index (χ3v) is 19.4. The average molecular weight is 581 g/mol. The van der Waals surface area contributed by atoms with Crippen LogP contribution in [0, 0.1) is 0 Å². The van der Waals surface area contributed by atoms with E-state index in [2.05, 4.69) is 19.6 Å². The van der Waals surface area contributed by atoms with Gasteiger partial charge in [0.05, 0.1) is 13.2 Å². The van der Waals surface area contributed by atoms with Crippen LogP contribution >= 0.6 is 0 Å². The molecule has 0 aliphatic carbocycles. The Hall–Kier alpha value is 1.20. The predicted molar refractivity (Wildman–Crippen MR) is 154 cm³/mol. The molecular weight excluding hydrogens is 529 g/mol. The van der Waals surface area contributed by atoms with E-state index in [4.69, 9.17) is 35.1 Å². The lowest BCUT2D eigenvalue weighted by atomic mass is 10.5. The van der Waals surface area contributed by atoms with Crippen LogP contribution < -0.4 is 0 Å². The van der Waals surface area contributed by atoms with Gasteiger partial charge in [0.25, 0.3) is 0 Å². The minimum atomic E-state index is -2.40. The SMILES string of the molecule is CCO[Si](CC[SiH](C)O[SiH3])(OCC)OCC.C[SiH2]O[SiH3].C[SiH](CCCOCC1CO1)O[SiH3]. The fraction of sp³-hybridized carbons (Fsp3) is 1.00. The molecule has 0 bridgehead atoms. The Morgan fingerprint density at radius 1 is 0.938 bits per heavy atom. The highest BCUT2D eigenvalue weighted by Crippen LogP contribution is 2.19. The molecule has 8 nitrogen and oxygen atoms in total. The molecule has 32 heavy (non-hydrogen) atoms. The van der Waals surface area contributed by atoms with Crippen molar-refractivity contribution in [3.63, 3.8) is 0 Å². The molecule has 1 heterocycles. The quantitative estimate of drug-likeness (QED) is 0.111. The zero-order chi connectivity index (χ0) is 24.7. The molecule has 0 radical (unpaired) electrons. The first-order chi connectivity index (χ1) is 15.4. The molecule has 0 spiro atoms. The maximum absolute atomic E-state index is 5.78. The van der Waals surface area contributed by atoms with Gasteiger partial charge in [-0.15, -0.1) is 0 Å². The molecule has 0 N–H and O–H groups in total. The van der Waals surface area contributed by atoms with Crippen LogP contribution in [-0.4, -0.2) is 114 Å². The summed E-state index contributed by atoms with van der Waals surface area (Å²) in [4.78, 5) is 0. The van der Waals surface area contributed by atoms with E-state index in [1.807, 2.05) is 20.8 Å². The van der Waals surface area contributed by atoms with Crippen LogP contribution in [-0.2, 0) is 35.1 Å². The topological polar surface area (TPSA) is 77.1 Å². The van der Waals surface area contributed by atoms with Crippen molar-refractivity contribution in [2.45, 2.75) is 71.1 Å². The average Bonchev–Trinajstić information content (AvgIpc) is 3.62. The van der Waals surface area contributed by atoms with Gasteiger partial charge in [0.15, 0.2) is 18.1 Å². The van der Waals surface area contributed by atoms with Crippen LogP contribution in [0.25, 0.3) is 0 Å². The van der Waals surface area contributed by atoms with Crippen LogP contribution in [0.4, 0.5) is 0 Å². The highest BCUT2D eigenvalue weighted by molar-refractivity contribution is 6.64. The van der Waals surface area contributed by atoms with Crippen molar-refractivity contribution in [2.75, 3.05) is 39.6 Å². The van der Waals surface area contributed by atoms with Gasteiger partial charge in [0, 0.05) is 32.5 Å². The van der Waals surface area contributed by atoms with E-state index in [0.717, 1.165) is 69.8 Å². The predicted octanol–water partition coefficient (Wildman–Crippen LogP) is -1.46. The van der Waals surface area contributed by atoms with E-state index in [-0.39, 0.29) is 9.76 Å². The van der Waals surface area contributed by atoms with Gasteiger partial charge in [-0.2, -0.15) is 0 Å². The summed E-state index contributed by atoms with van der Waals surface area (Å²) in [5, 5.41) is 0. The van der Waals surface area contributed by atoms with Crippen molar-refractivity contribution in [1.82, 2.24) is 0 Å². The summed E-state index contributed by atoms with van der Waals surface area (Å²) in [7, 11) is -1.51. The standard InChI is InChI=1S/C9H26O4Si3.C7H18O3Si2.CH8OSi2/c1-5-10-16(11-6-2,12-7-3)9-8-15(4)13-14;1-12(10-11)4-2-3-8-5-7-6-9-7;1-4-2-3/h15H,5-9H2,1-4,14H3;7,12H,2-6H2,1,11H3;4H2,1,3H3. The van der Waals surface area contributed by atoms with Gasteiger partial charge in [-0.25, -0.2) is 0 Å². The maximum Gasteiger partial charge on any atom is 0.500 e. The van der Waals surface area contributed by atoms with Crippen molar-refractivity contribution in [3.8, 4) is 0 Å². The van der Waals surface area contributed by atoms with Crippen LogP contribution in [0.1, 0.15) is 27.2 Å². The van der Waals surface area contributed by atoms with E-state index in [9.17, 15) is 0 Å². The zero-order valence-corrected chi connectivity index (χ0v) is 33.0. The molecule has 0 aromatic rings. The fourth-order valence-electron chi connectivity index (χ4n) is 2.47. The molecule has 1 rings (SSSR count). The van der Waals surface area contributed by atoms with Crippen molar-refractivity contribution in [3.05, 3.63) is 0 Å². The third-order valence-electron chi connectivity index (χ3n) is 4.65. The Kier molecular flexibility index (Phi) is 28.0. The van der Waals surface area contributed by atoms with Crippen molar-refractivity contribution < 1.29 is 35.1 Å². The summed E-state index contributed by atoms with van der Waals surface area (Å²) >= 11 is 0. The summed E-state index contributed by atoms with van der Waals surface area (Å²) in [5.74, 6) is 0. The second kappa shape index (κ2) is 25.3. The zero-order valence-electron chi connectivity index (χ0n) is 22.3. The summed E-state index contributed by atoms with van der Waals surface area (Å²) in [5.41, 5.74) is 0. The first-order valence-corrected chi connectivity index (χ1v) is 23.3. The monoisotopic (exact) mass is 580 g/mol. The lowest BCUT2D eigenvalue weighted by molar-refractivity contribution is 0.0724. The Balaban J connectivity index is 0. The van der Waals surface area contributed by atoms with Crippen molar-refractivity contribution >= 4 is 68.1 Å². The minimum absolute atomic E-state index is 0.0139. The molecule has 1 saturated heterocycles. The molecule has 1 aliphatic rings. The lowest BCUT2D eigenvalue weighted by Gasteiger charge is -2.29. The fourth-order valence-corrected chi connectivity index (χ4v) is 10.1. The number of rotatable bonds is 18. The summed E-state index contributed by atoms with van der Waals surface area (Å²) in [6, 6.07) is 3.23.